The van der Waals surface area contributed by atoms with Crippen LogP contribution in [0.1, 0.15) is 6.92 Å². The smallest absolute Gasteiger partial charge is 0.239 e. The molecule has 3 fully saturated rings. The van der Waals surface area contributed by atoms with Gasteiger partial charge in [-0.15, -0.1) is 0 Å². The van der Waals surface area contributed by atoms with Gasteiger partial charge in [0.1, 0.15) is 76.5 Å². The zero-order valence-electron chi connectivity index (χ0n) is 26.7. The highest BCUT2D eigenvalue weighted by Gasteiger charge is 2.53. The summed E-state index contributed by atoms with van der Waals surface area (Å²) in [6.45, 7) is -0.834. The van der Waals surface area contributed by atoms with Gasteiger partial charge in [0, 0.05) is 17.7 Å². The minimum atomic E-state index is -2.10. The number of phenols is 2. The monoisotopic (exact) mass is 726 g/mol. The maximum atomic E-state index is 13.9. The normalized spacial score (nSPS) is 37.1. The second-order valence-electron chi connectivity index (χ2n) is 12.6. The Morgan fingerprint density at radius 2 is 1.55 bits per heavy atom. The largest absolute Gasteiger partial charge is 0.508 e. The van der Waals surface area contributed by atoms with E-state index in [1.807, 2.05) is 0 Å². The lowest BCUT2D eigenvalue weighted by atomic mass is 9.98. The van der Waals surface area contributed by atoms with Crippen molar-refractivity contribution in [3.8, 4) is 34.3 Å². The lowest BCUT2D eigenvalue weighted by Gasteiger charge is -2.42. The van der Waals surface area contributed by atoms with Crippen molar-refractivity contribution in [2.24, 2.45) is 0 Å². The molecule has 3 saturated heterocycles. The maximum absolute atomic E-state index is 13.9. The van der Waals surface area contributed by atoms with E-state index in [9.17, 15) is 61.0 Å². The van der Waals surface area contributed by atoms with Gasteiger partial charge in [-0.3, -0.25) is 4.79 Å². The highest BCUT2D eigenvalue weighted by atomic mass is 16.8. The van der Waals surface area contributed by atoms with Crippen LogP contribution in [0.5, 0.6) is 23.0 Å². The molecule has 0 bridgehead atoms. The molecular formula is C32H38O19. The molecule has 0 saturated carbocycles. The third-order valence-electron chi connectivity index (χ3n) is 9.03. The van der Waals surface area contributed by atoms with E-state index in [2.05, 4.69) is 0 Å². The third kappa shape index (κ3) is 6.84. The molecule has 19 heteroatoms. The molecule has 3 aliphatic rings. The van der Waals surface area contributed by atoms with Crippen molar-refractivity contribution >= 4 is 11.0 Å². The summed E-state index contributed by atoms with van der Waals surface area (Å²) in [5.41, 5.74) is -3.23. The van der Waals surface area contributed by atoms with Gasteiger partial charge in [-0.05, 0) is 31.2 Å². The minimum Gasteiger partial charge on any atom is -0.508 e. The van der Waals surface area contributed by atoms with Crippen LogP contribution < -0.4 is 14.9 Å². The van der Waals surface area contributed by atoms with E-state index in [0.717, 1.165) is 12.1 Å². The first-order chi connectivity index (χ1) is 24.2. The predicted octanol–water partition coefficient (Wildman–Crippen LogP) is -3.28. The number of hydrogen-bond donors (Lipinski definition) is 11. The molecule has 0 radical (unpaired) electrons. The van der Waals surface area contributed by atoms with E-state index in [1.54, 1.807) is 0 Å². The molecule has 0 unspecified atom stereocenters. The number of aromatic hydroxyl groups is 2. The Kier molecular flexibility index (Phi) is 10.5. The van der Waals surface area contributed by atoms with Gasteiger partial charge in [0.25, 0.3) is 0 Å². The van der Waals surface area contributed by atoms with Gasteiger partial charge in [0.15, 0.2) is 18.2 Å². The molecule has 4 heterocycles. The van der Waals surface area contributed by atoms with Crippen molar-refractivity contribution in [3.05, 3.63) is 46.6 Å². The van der Waals surface area contributed by atoms with Crippen LogP contribution >= 0.6 is 0 Å². The van der Waals surface area contributed by atoms with Crippen LogP contribution in [0.15, 0.2) is 45.6 Å². The molecule has 0 amide bonds. The summed E-state index contributed by atoms with van der Waals surface area (Å²) in [6, 6.07) is 7.37. The fourth-order valence-corrected chi connectivity index (χ4v) is 5.96. The van der Waals surface area contributed by atoms with Crippen LogP contribution in [0.25, 0.3) is 22.3 Å². The number of phenolic OH excluding ortho intramolecular Hbond substituents is 2. The van der Waals surface area contributed by atoms with E-state index in [1.165, 1.54) is 31.2 Å². The zero-order chi connectivity index (χ0) is 36.9. The first-order valence-corrected chi connectivity index (χ1v) is 15.7. The van der Waals surface area contributed by atoms with Gasteiger partial charge in [-0.25, -0.2) is 0 Å². The summed E-state index contributed by atoms with van der Waals surface area (Å²) in [4.78, 5) is 13.9. The van der Waals surface area contributed by atoms with Gasteiger partial charge in [-0.2, -0.15) is 0 Å². The number of fused-ring (bicyclic) bond motifs is 1. The first kappa shape index (κ1) is 37.1. The van der Waals surface area contributed by atoms with Crippen LogP contribution in [-0.4, -0.2) is 155 Å². The number of ether oxygens (including phenoxy) is 6. The van der Waals surface area contributed by atoms with Crippen LogP contribution in [-0.2, 0) is 18.9 Å². The first-order valence-electron chi connectivity index (χ1n) is 15.7. The summed E-state index contributed by atoms with van der Waals surface area (Å²) >= 11 is 0. The molecule has 2 aromatic carbocycles. The molecule has 3 aromatic rings. The summed E-state index contributed by atoms with van der Waals surface area (Å²) in [5, 5.41) is 113. The van der Waals surface area contributed by atoms with Gasteiger partial charge >= 0.3 is 0 Å². The Morgan fingerprint density at radius 1 is 0.843 bits per heavy atom. The van der Waals surface area contributed by atoms with Gasteiger partial charge in [0.05, 0.1) is 25.9 Å². The Hall–Kier alpha value is -3.67. The fourth-order valence-electron chi connectivity index (χ4n) is 5.96. The Labute approximate surface area is 287 Å². The molecular weight excluding hydrogens is 688 g/mol. The van der Waals surface area contributed by atoms with Crippen molar-refractivity contribution in [1.29, 1.82) is 0 Å². The van der Waals surface area contributed by atoms with Gasteiger partial charge in [-0.1, -0.05) is 0 Å². The minimum absolute atomic E-state index is 0.135. The molecule has 280 valence electrons. The van der Waals surface area contributed by atoms with Gasteiger partial charge in [0.2, 0.25) is 23.8 Å². The van der Waals surface area contributed by atoms with E-state index in [0.29, 0.717) is 0 Å². The molecule has 1 aromatic heterocycles. The number of hydrogen-bond acceptors (Lipinski definition) is 19. The average Bonchev–Trinajstić information content (AvgIpc) is 3.39. The number of aliphatic hydroxyl groups excluding tert-OH is 8. The molecule has 6 rings (SSSR count). The SMILES string of the molecule is C[C@@H]1O[C@@H](Oc2c(-c3ccc(O)cc3)oc3cc(O[C@@H]4O[C@H](CO)[C@@H](O)[C@H](O)[C@H]4O[C@@H]4OC[C@](O)(CO)[C@H]4O)cc(O)c3c2=O)[C@H](O)[C@H](O)[C@H]1O. The summed E-state index contributed by atoms with van der Waals surface area (Å²) < 4.78 is 39.6. The molecule has 11 N–H and O–H groups in total. The molecule has 3 aliphatic heterocycles. The summed E-state index contributed by atoms with van der Waals surface area (Å²) in [6.07, 6.45) is -19.6. The number of benzene rings is 2. The second kappa shape index (κ2) is 14.4. The maximum Gasteiger partial charge on any atom is 0.239 e. The fraction of sp³-hybridized carbons (Fsp3) is 0.531. The standard InChI is InChI=1S/C32H38O19/c1-11-19(37)22(40)24(42)29(46-11)50-26-21(39)18-15(36)6-14(7-16(18)48-25(26)12-2-4-13(35)5-3-12)47-30-27(23(41)20(38)17(8-33)49-30)51-31-28(43)32(44,9-34)10-45-31/h2-7,11,17,19-20,22-24,27-31,33-38,40-44H,8-10H2,1H3/t11-,17+,19-,20+,22+,23-,24+,27+,28-,29-,30+,31-,32+/m0/s1. The van der Waals surface area contributed by atoms with Crippen molar-refractivity contribution in [2.45, 2.75) is 86.3 Å². The van der Waals surface area contributed by atoms with E-state index >= 15 is 0 Å². The molecule has 51 heavy (non-hydrogen) atoms. The molecule has 13 atom stereocenters. The van der Waals surface area contributed by atoms with E-state index < -0.39 is 122 Å². The van der Waals surface area contributed by atoms with Crippen molar-refractivity contribution in [2.75, 3.05) is 19.8 Å². The highest BCUT2D eigenvalue weighted by Crippen LogP contribution is 2.39. The van der Waals surface area contributed by atoms with Crippen LogP contribution in [0.3, 0.4) is 0 Å². The van der Waals surface area contributed by atoms with Crippen molar-refractivity contribution in [3.63, 3.8) is 0 Å². The highest BCUT2D eigenvalue weighted by molar-refractivity contribution is 5.88. The Bertz CT molecular complexity index is 1750. The molecule has 19 nitrogen and oxygen atoms in total. The van der Waals surface area contributed by atoms with Crippen LogP contribution in [0.4, 0.5) is 0 Å². The van der Waals surface area contributed by atoms with E-state index in [4.69, 9.17) is 32.8 Å². The number of rotatable bonds is 9. The third-order valence-corrected chi connectivity index (χ3v) is 9.03. The number of aliphatic hydroxyl groups is 9. The Balaban J connectivity index is 1.38. The zero-order valence-corrected chi connectivity index (χ0v) is 26.7. The molecule has 0 aliphatic carbocycles. The second-order valence-corrected chi connectivity index (χ2v) is 12.6. The quantitative estimate of drug-likeness (QED) is 0.103. The Morgan fingerprint density at radius 3 is 2.20 bits per heavy atom. The lowest BCUT2D eigenvalue weighted by Crippen LogP contribution is -2.62. The van der Waals surface area contributed by atoms with Crippen molar-refractivity contribution < 1.29 is 89.0 Å². The summed E-state index contributed by atoms with van der Waals surface area (Å²) in [7, 11) is 0. The van der Waals surface area contributed by atoms with Crippen LogP contribution in [0.2, 0.25) is 0 Å². The van der Waals surface area contributed by atoms with Crippen molar-refractivity contribution in [1.82, 2.24) is 0 Å². The predicted molar refractivity (Wildman–Crippen MR) is 165 cm³/mol. The summed E-state index contributed by atoms with van der Waals surface area (Å²) in [5.74, 6) is -2.01. The van der Waals surface area contributed by atoms with Gasteiger partial charge < -0.3 is 89.0 Å². The molecule has 0 spiro atoms. The average molecular weight is 727 g/mol. The lowest BCUT2D eigenvalue weighted by molar-refractivity contribution is -0.318. The topological polar surface area (TPSA) is 308 Å². The van der Waals surface area contributed by atoms with Crippen LogP contribution in [0, 0.1) is 0 Å². The van der Waals surface area contributed by atoms with E-state index in [-0.39, 0.29) is 28.4 Å².